The average molecular weight is 277 g/mol. The molecule has 0 heterocycles. The molecule has 0 fully saturated rings. The minimum atomic E-state index is 0.658. The third kappa shape index (κ3) is 6.57. The zero-order chi connectivity index (χ0) is 14.6. The fraction of sp³-hybridized carbons (Fsp3) is 0.562. The summed E-state index contributed by atoms with van der Waals surface area (Å²) in [4.78, 5) is 4.59. The van der Waals surface area contributed by atoms with Gasteiger partial charge in [-0.25, -0.2) is 4.99 Å². The van der Waals surface area contributed by atoms with Crippen molar-refractivity contribution in [1.82, 2.24) is 10.6 Å². The lowest BCUT2D eigenvalue weighted by molar-refractivity contribution is 0.185. The van der Waals surface area contributed by atoms with E-state index in [0.29, 0.717) is 13.2 Å². The summed E-state index contributed by atoms with van der Waals surface area (Å²) in [6.07, 6.45) is 2.35. The molecule has 0 aliphatic carbocycles. The van der Waals surface area contributed by atoms with Crippen LogP contribution in [-0.4, -0.2) is 26.2 Å². The van der Waals surface area contributed by atoms with Gasteiger partial charge in [0.1, 0.15) is 0 Å². The summed E-state index contributed by atoms with van der Waals surface area (Å²) >= 11 is 0. The van der Waals surface area contributed by atoms with E-state index in [-0.39, 0.29) is 0 Å². The van der Waals surface area contributed by atoms with Crippen LogP contribution in [0.1, 0.15) is 37.8 Å². The number of aliphatic imine (C=N–C) groups is 1. The molecule has 0 saturated heterocycles. The fourth-order valence-electron chi connectivity index (χ4n) is 1.80. The van der Waals surface area contributed by atoms with Gasteiger partial charge in [-0.3, -0.25) is 0 Å². The van der Waals surface area contributed by atoms with Gasteiger partial charge in [0.2, 0.25) is 0 Å². The third-order valence-corrected chi connectivity index (χ3v) is 2.92. The van der Waals surface area contributed by atoms with Crippen molar-refractivity contribution in [3.63, 3.8) is 0 Å². The van der Waals surface area contributed by atoms with E-state index in [1.165, 1.54) is 17.5 Å². The molecule has 1 aromatic rings. The number of benzene rings is 1. The van der Waals surface area contributed by atoms with E-state index in [0.717, 1.165) is 25.5 Å². The first-order chi connectivity index (χ1) is 9.80. The Morgan fingerprint density at radius 1 is 1.10 bits per heavy atom. The Morgan fingerprint density at radius 3 is 2.40 bits per heavy atom. The number of ether oxygens (including phenoxy) is 1. The van der Waals surface area contributed by atoms with Crippen molar-refractivity contribution < 1.29 is 4.74 Å². The maximum atomic E-state index is 5.11. The van der Waals surface area contributed by atoms with Crippen molar-refractivity contribution in [2.24, 2.45) is 4.99 Å². The molecule has 20 heavy (non-hydrogen) atoms. The van der Waals surface area contributed by atoms with Gasteiger partial charge in [-0.05, 0) is 24.5 Å². The van der Waals surface area contributed by atoms with Crippen molar-refractivity contribution >= 4 is 5.96 Å². The number of hydrogen-bond donors (Lipinski definition) is 2. The first-order valence-electron chi connectivity index (χ1n) is 7.39. The molecule has 112 valence electrons. The zero-order valence-corrected chi connectivity index (χ0v) is 12.9. The lowest BCUT2D eigenvalue weighted by Crippen LogP contribution is -2.37. The van der Waals surface area contributed by atoms with E-state index in [1.54, 1.807) is 7.11 Å². The molecule has 0 aromatic heterocycles. The van der Waals surface area contributed by atoms with Crippen molar-refractivity contribution in [3.05, 3.63) is 35.4 Å². The first-order valence-corrected chi connectivity index (χ1v) is 7.39. The quantitative estimate of drug-likeness (QED) is 0.436. The summed E-state index contributed by atoms with van der Waals surface area (Å²) in [5, 5.41) is 6.60. The molecule has 0 unspecified atom stereocenters. The van der Waals surface area contributed by atoms with Crippen molar-refractivity contribution in [1.29, 1.82) is 0 Å². The van der Waals surface area contributed by atoms with E-state index in [4.69, 9.17) is 4.74 Å². The zero-order valence-electron chi connectivity index (χ0n) is 12.9. The summed E-state index contributed by atoms with van der Waals surface area (Å²) in [5.41, 5.74) is 2.39. The predicted octanol–water partition coefficient (Wildman–Crippen LogP) is 2.69. The van der Waals surface area contributed by atoms with Crippen LogP contribution in [0.4, 0.5) is 0 Å². The molecule has 0 spiro atoms. The van der Waals surface area contributed by atoms with Gasteiger partial charge in [0.05, 0.1) is 13.2 Å². The van der Waals surface area contributed by atoms with Gasteiger partial charge >= 0.3 is 0 Å². The summed E-state index contributed by atoms with van der Waals surface area (Å²) in [6, 6.07) is 8.39. The molecule has 2 N–H and O–H groups in total. The second-order valence-corrected chi connectivity index (χ2v) is 4.73. The molecular formula is C16H27N3O. The Kier molecular flexibility index (Phi) is 8.47. The minimum absolute atomic E-state index is 0.658. The molecule has 0 aliphatic rings. The van der Waals surface area contributed by atoms with Crippen LogP contribution >= 0.6 is 0 Å². The molecule has 4 heteroatoms. The Balaban J connectivity index is 2.52. The monoisotopic (exact) mass is 277 g/mol. The molecule has 0 radical (unpaired) electrons. The van der Waals surface area contributed by atoms with Crippen LogP contribution in [0.25, 0.3) is 0 Å². The lowest BCUT2D eigenvalue weighted by atomic mass is 10.1. The fourth-order valence-corrected chi connectivity index (χ4v) is 1.80. The first kappa shape index (κ1) is 16.5. The van der Waals surface area contributed by atoms with E-state index >= 15 is 0 Å². The van der Waals surface area contributed by atoms with E-state index in [1.807, 2.05) is 0 Å². The van der Waals surface area contributed by atoms with Crippen LogP contribution < -0.4 is 10.6 Å². The molecule has 1 rings (SSSR count). The Morgan fingerprint density at radius 2 is 1.80 bits per heavy atom. The van der Waals surface area contributed by atoms with Crippen LogP contribution in [0, 0.1) is 0 Å². The second-order valence-electron chi connectivity index (χ2n) is 4.73. The van der Waals surface area contributed by atoms with E-state index < -0.39 is 0 Å². The number of guanidine groups is 1. The van der Waals surface area contributed by atoms with E-state index in [2.05, 4.69) is 53.7 Å². The second kappa shape index (κ2) is 10.3. The number of nitrogens with one attached hydrogen (secondary N) is 2. The topological polar surface area (TPSA) is 45.7 Å². The molecule has 0 amide bonds. The molecule has 4 nitrogen and oxygen atoms in total. The number of rotatable bonds is 8. The SMILES string of the molecule is CCCCNC(=NCc1ccc(COC)cc1)NCC. The van der Waals surface area contributed by atoms with Crippen LogP contribution in [0.5, 0.6) is 0 Å². The van der Waals surface area contributed by atoms with E-state index in [9.17, 15) is 0 Å². The molecule has 1 aromatic carbocycles. The van der Waals surface area contributed by atoms with Gasteiger partial charge in [0.15, 0.2) is 5.96 Å². The summed E-state index contributed by atoms with van der Waals surface area (Å²) in [7, 11) is 1.71. The number of methoxy groups -OCH3 is 1. The van der Waals surface area contributed by atoms with Gasteiger partial charge in [-0.2, -0.15) is 0 Å². The molecule has 0 saturated carbocycles. The Bertz CT molecular complexity index is 387. The maximum Gasteiger partial charge on any atom is 0.191 e. The van der Waals surface area contributed by atoms with Gasteiger partial charge < -0.3 is 15.4 Å². The van der Waals surface area contributed by atoms with Gasteiger partial charge in [-0.15, -0.1) is 0 Å². The number of hydrogen-bond acceptors (Lipinski definition) is 2. The number of nitrogens with zero attached hydrogens (tertiary/aromatic N) is 1. The normalized spacial score (nSPS) is 11.4. The Labute approximate surface area is 122 Å². The van der Waals surface area contributed by atoms with Crippen LogP contribution in [0.2, 0.25) is 0 Å². The van der Waals surface area contributed by atoms with Crippen LogP contribution in [0.15, 0.2) is 29.3 Å². The molecule has 0 atom stereocenters. The molecule has 0 bridgehead atoms. The highest BCUT2D eigenvalue weighted by atomic mass is 16.5. The predicted molar refractivity (Wildman–Crippen MR) is 84.9 cm³/mol. The largest absolute Gasteiger partial charge is 0.380 e. The van der Waals surface area contributed by atoms with Crippen molar-refractivity contribution in [2.45, 2.75) is 39.8 Å². The smallest absolute Gasteiger partial charge is 0.191 e. The van der Waals surface area contributed by atoms with Crippen LogP contribution in [-0.2, 0) is 17.9 Å². The third-order valence-electron chi connectivity index (χ3n) is 2.92. The number of unbranched alkanes of at least 4 members (excludes halogenated alkanes) is 1. The molecule has 0 aliphatic heterocycles. The van der Waals surface area contributed by atoms with Crippen molar-refractivity contribution in [3.8, 4) is 0 Å². The van der Waals surface area contributed by atoms with Crippen LogP contribution in [0.3, 0.4) is 0 Å². The average Bonchev–Trinajstić information content (AvgIpc) is 2.47. The van der Waals surface area contributed by atoms with Gasteiger partial charge in [-0.1, -0.05) is 37.6 Å². The summed E-state index contributed by atoms with van der Waals surface area (Å²) in [5.74, 6) is 0.891. The minimum Gasteiger partial charge on any atom is -0.380 e. The standard InChI is InChI=1S/C16H27N3O/c1-4-6-11-18-16(17-5-2)19-12-14-7-9-15(10-8-14)13-20-3/h7-10H,4-6,11-13H2,1-3H3,(H2,17,18,19). The highest BCUT2D eigenvalue weighted by Crippen LogP contribution is 2.06. The maximum absolute atomic E-state index is 5.11. The Hall–Kier alpha value is -1.55. The highest BCUT2D eigenvalue weighted by molar-refractivity contribution is 5.79. The van der Waals surface area contributed by atoms with Gasteiger partial charge in [0.25, 0.3) is 0 Å². The lowest BCUT2D eigenvalue weighted by Gasteiger charge is -2.10. The summed E-state index contributed by atoms with van der Waals surface area (Å²) in [6.45, 7) is 7.46. The van der Waals surface area contributed by atoms with Gasteiger partial charge in [0, 0.05) is 20.2 Å². The van der Waals surface area contributed by atoms with Crippen molar-refractivity contribution in [2.75, 3.05) is 20.2 Å². The summed E-state index contributed by atoms with van der Waals surface area (Å²) < 4.78 is 5.11. The molecular weight excluding hydrogens is 250 g/mol. The highest BCUT2D eigenvalue weighted by Gasteiger charge is 1.97.